The lowest BCUT2D eigenvalue weighted by atomic mass is 9.91. The number of nitrogens with zero attached hydrogens (tertiary/aromatic N) is 11. The number of hydrogen-bond donors (Lipinski definition) is 8. The Morgan fingerprint density at radius 1 is 0.550 bits per heavy atom. The number of anilines is 2. The number of allylic oxidation sites excluding steroid dienone is 2. The molecule has 0 amide bonds. The average molecular weight is 2490 g/mol. The third-order valence-electron chi connectivity index (χ3n) is 16.2. The van der Waals surface area contributed by atoms with E-state index in [0.717, 1.165) is 104 Å². The maximum absolute atomic E-state index is 6.78. The highest BCUT2D eigenvalue weighted by molar-refractivity contribution is 14.1. The van der Waals surface area contributed by atoms with Gasteiger partial charge in [-0.25, -0.2) is 34.9 Å². The molecule has 15 rings (SSSR count). The van der Waals surface area contributed by atoms with E-state index in [1.807, 2.05) is 168 Å². The molecule has 43 heteroatoms. The number of H-pyrrole nitrogens is 8. The Bertz CT molecular complexity index is 6660. The number of nitrogens with one attached hydrogen (secondary N) is 8. The number of aromatic nitrogens is 18. The SMILES string of the molecule is C.C.C.COc1cc(-c2nc(SC(C)C)nc(SC(C)(C)C)n2)ccc1I.C[Si](C)(C)Sc1nc(S[Si](C)(C)C)nc(-c2cc(Br)cc(Br)c2)n1.S=c1nc(-c2cccc(Br)c2OCc2ccc(Cl)cc2)[nH]c(=S)[nH]1.S=c1nc(C#Cc2ccc(I)cc2)[nH]c(=S)[nH]1.S=c1nc(C2=CC=CC3C2Oc2c(-c4nc(=S)[nH]c(=S)[nH]4)cccc2N3c2ccc(Br)cc2)[nH]c(=S)[nH]1. The average Bonchev–Trinajstić information content (AvgIpc) is 0.733. The summed E-state index contributed by atoms with van der Waals surface area (Å²) in [6, 6.07) is 47.1. The van der Waals surface area contributed by atoms with Gasteiger partial charge in [-0.15, -0.1) is 22.4 Å². The Labute approximate surface area is 875 Å². The van der Waals surface area contributed by atoms with Crippen LogP contribution in [-0.2, 0) is 6.61 Å². The molecule has 674 valence electrons. The van der Waals surface area contributed by atoms with Gasteiger partial charge in [0.2, 0.25) is 19.1 Å². The fraction of sp³-hybridized carbons (Fsp3) is 0.233. The lowest BCUT2D eigenvalue weighted by Gasteiger charge is -2.44. The van der Waals surface area contributed by atoms with E-state index in [1.54, 1.807) is 30.6 Å². The molecular formula is C86H88Br4ClI2N19O3S12Si2. The Hall–Kier alpha value is -5.90. The summed E-state index contributed by atoms with van der Waals surface area (Å²) in [5, 5.41) is 4.31. The van der Waals surface area contributed by atoms with Crippen LogP contribution in [0.3, 0.4) is 0 Å². The number of halogens is 7. The van der Waals surface area contributed by atoms with Crippen LogP contribution >= 0.6 is 264 Å². The summed E-state index contributed by atoms with van der Waals surface area (Å²) in [7, 11) is -1.08. The second-order valence-corrected chi connectivity index (χ2v) is 61.1. The Morgan fingerprint density at radius 3 is 1.63 bits per heavy atom. The first-order valence-electron chi connectivity index (χ1n) is 37.7. The van der Waals surface area contributed by atoms with Crippen molar-refractivity contribution in [2.45, 2.75) is 146 Å². The van der Waals surface area contributed by atoms with Crippen molar-refractivity contribution in [3.63, 3.8) is 0 Å². The highest BCUT2D eigenvalue weighted by Crippen LogP contribution is 2.50. The summed E-state index contributed by atoms with van der Waals surface area (Å²) in [4.78, 5) is 70.9. The molecule has 1 aliphatic carbocycles. The quantitative estimate of drug-likeness (QED) is 0.0138. The van der Waals surface area contributed by atoms with Gasteiger partial charge in [0.15, 0.2) is 69.0 Å². The van der Waals surface area contributed by atoms with E-state index in [2.05, 4.69) is 293 Å². The lowest BCUT2D eigenvalue weighted by Crippen LogP contribution is -2.48. The third-order valence-corrected chi connectivity index (χ3v) is 30.3. The predicted molar refractivity (Wildman–Crippen MR) is 590 cm³/mol. The zero-order chi connectivity index (χ0) is 91.1. The maximum Gasteiger partial charge on any atom is 0.201 e. The topological polar surface area (TPSA) is 286 Å². The molecule has 2 unspecified atom stereocenters. The minimum absolute atomic E-state index is 0. The van der Waals surface area contributed by atoms with Crippen molar-refractivity contribution < 1.29 is 14.2 Å². The van der Waals surface area contributed by atoms with Gasteiger partial charge in [0.25, 0.3) is 0 Å². The summed E-state index contributed by atoms with van der Waals surface area (Å²) in [6.07, 6.45) is 5.61. The van der Waals surface area contributed by atoms with Crippen molar-refractivity contribution in [3.05, 3.63) is 255 Å². The van der Waals surface area contributed by atoms with Crippen LogP contribution < -0.4 is 19.1 Å². The number of fused-ring (bicyclic) bond motifs is 2. The van der Waals surface area contributed by atoms with Crippen LogP contribution in [0.5, 0.6) is 17.2 Å². The molecular weight excluding hydrogens is 2400 g/mol. The fourth-order valence-electron chi connectivity index (χ4n) is 11.4. The molecule has 6 aromatic heterocycles. The molecule has 0 radical (unpaired) electrons. The van der Waals surface area contributed by atoms with Crippen LogP contribution in [0.2, 0.25) is 44.3 Å². The van der Waals surface area contributed by atoms with E-state index in [0.29, 0.717) is 90.9 Å². The summed E-state index contributed by atoms with van der Waals surface area (Å²) < 4.78 is 27.1. The van der Waals surface area contributed by atoms with Gasteiger partial charge in [-0.1, -0.05) is 228 Å². The largest absolute Gasteiger partial charge is 0.496 e. The zero-order valence-electron chi connectivity index (χ0n) is 68.7. The smallest absolute Gasteiger partial charge is 0.201 e. The van der Waals surface area contributed by atoms with Gasteiger partial charge in [-0.05, 0) is 292 Å². The normalized spacial score (nSPS) is 12.9. The van der Waals surface area contributed by atoms with Crippen molar-refractivity contribution >= 4 is 296 Å². The van der Waals surface area contributed by atoms with Crippen LogP contribution in [0.4, 0.5) is 11.4 Å². The van der Waals surface area contributed by atoms with E-state index in [4.69, 9.17) is 139 Å². The molecule has 22 nitrogen and oxygen atoms in total. The summed E-state index contributed by atoms with van der Waals surface area (Å²) in [6.45, 7) is 25.0. The molecule has 129 heavy (non-hydrogen) atoms. The molecule has 0 saturated heterocycles. The second-order valence-electron chi connectivity index (χ2n) is 30.0. The van der Waals surface area contributed by atoms with E-state index in [9.17, 15) is 0 Å². The van der Waals surface area contributed by atoms with E-state index >= 15 is 0 Å². The van der Waals surface area contributed by atoms with Gasteiger partial charge in [-0.2, -0.15) is 15.0 Å². The number of methoxy groups -OCH3 is 1. The molecule has 0 saturated carbocycles. The predicted octanol–water partition coefficient (Wildman–Crippen LogP) is 30.5. The summed E-state index contributed by atoms with van der Waals surface area (Å²) in [5.41, 5.74) is 8.03. The molecule has 1 aliphatic heterocycles. The Morgan fingerprint density at radius 2 is 1.07 bits per heavy atom. The first-order valence-corrected chi connectivity index (χ1v) is 58.4. The number of rotatable bonds is 17. The molecule has 7 aromatic carbocycles. The van der Waals surface area contributed by atoms with Crippen LogP contribution in [0.1, 0.15) is 79.7 Å². The molecule has 8 N–H and O–H groups in total. The van der Waals surface area contributed by atoms with Crippen molar-refractivity contribution in [2.75, 3.05) is 12.0 Å². The highest BCUT2D eigenvalue weighted by atomic mass is 127. The third kappa shape index (κ3) is 33.3. The lowest BCUT2D eigenvalue weighted by molar-refractivity contribution is 0.227. The van der Waals surface area contributed by atoms with Crippen LogP contribution in [-0.4, -0.2) is 133 Å². The molecule has 13 aromatic rings. The van der Waals surface area contributed by atoms with Gasteiger partial charge in [-0.3, -0.25) is 0 Å². The van der Waals surface area contributed by atoms with Crippen LogP contribution in [0.15, 0.2) is 202 Å². The fourth-order valence-corrected chi connectivity index (χ4v) is 23.3. The summed E-state index contributed by atoms with van der Waals surface area (Å²) >= 11 is 72.8. The number of aromatic amines is 8. The molecule has 0 bridgehead atoms. The Kier molecular flexibility index (Phi) is 41.7. The standard InChI is InChI=1S/C24H16BrN7OS4.C17H22IN3OS2.C16H11BrClN3OS2.C15H21Br2N3S2Si2.C11H6IN3S2.3CH4/c25-11-7-9-12(10-8-11)32-15-5-1-3-13(19-26-21(34)30-22(35)27-19)17(15)33-18-14(4-2-6-16(18)32)20-28-23(36)31-24(37)29-20;1-10(2)23-15-19-14(20-16(21-15)24-17(3,4)5)11-7-8-12(18)13(9-11)22-6;17-12-3-1-2-11(14-19-15(23)21-16(24)20-14)13(12)22-8-9-4-6-10(18)7-5-9;1-23(2,3)21-14-18-13(10-7-11(16)9-12(17)8-10)19-15(20-14)22-24(4,5)6;12-8-4-1-7(2-5-8)3-6-9-13-10(16)15-11(17)14-9;;;/h1-10,15,17H,(H2,26,27,30,34,35)(H2,28,29,31,36,37);7-10H,1-6H3;1-7H,8H2,(H2,19,20,21,23,24);7-9H,1-6H3;1-2,4-5H,(H2,13,14,15,16,17);3*1H4. The molecule has 7 heterocycles. The minimum atomic E-state index is -1.38. The first-order chi connectivity index (χ1) is 59.6. The second kappa shape index (κ2) is 49.6. The monoisotopic (exact) mass is 2480 g/mol. The first kappa shape index (κ1) is 108. The van der Waals surface area contributed by atoms with E-state index in [-0.39, 0.29) is 37.8 Å². The zero-order valence-corrected chi connectivity index (χ0v) is 91.9. The number of ether oxygens (including phenoxy) is 3. The number of thioether (sulfide) groups is 2. The van der Waals surface area contributed by atoms with Gasteiger partial charge < -0.3 is 59.0 Å². The van der Waals surface area contributed by atoms with E-state index < -0.39 is 20.6 Å². The summed E-state index contributed by atoms with van der Waals surface area (Å²) in [5.74, 6) is 11.5. The molecule has 0 fully saturated rings. The number of hydrogen-bond acceptors (Lipinski definition) is 26. The Balaban J connectivity index is 0.000000203. The minimum Gasteiger partial charge on any atom is -0.496 e. The molecule has 0 spiro atoms. The van der Waals surface area contributed by atoms with Crippen molar-refractivity contribution in [2.24, 2.45) is 0 Å². The van der Waals surface area contributed by atoms with Crippen molar-refractivity contribution in [1.29, 1.82) is 0 Å². The number of benzene rings is 7. The maximum atomic E-state index is 6.78. The molecule has 2 atom stereocenters. The van der Waals surface area contributed by atoms with Gasteiger partial charge in [0.05, 0.1) is 38.0 Å². The van der Waals surface area contributed by atoms with Crippen LogP contribution in [0, 0.1) is 57.1 Å². The van der Waals surface area contributed by atoms with Crippen molar-refractivity contribution in [1.82, 2.24) is 89.7 Å². The van der Waals surface area contributed by atoms with E-state index in [1.165, 1.54) is 3.57 Å². The van der Waals surface area contributed by atoms with Crippen molar-refractivity contribution in [3.8, 4) is 74.6 Å². The van der Waals surface area contributed by atoms with Gasteiger partial charge in [0, 0.05) is 60.0 Å². The molecule has 2 aliphatic rings. The van der Waals surface area contributed by atoms with Gasteiger partial charge >= 0.3 is 0 Å². The van der Waals surface area contributed by atoms with Gasteiger partial charge in [0.1, 0.15) is 50.0 Å². The van der Waals surface area contributed by atoms with Crippen LogP contribution in [0.25, 0.3) is 51.1 Å². The highest BCUT2D eigenvalue weighted by Gasteiger charge is 2.41. The number of para-hydroxylation sites is 2.